The number of para-hydroxylation sites is 2. The van der Waals surface area contributed by atoms with Crippen LogP contribution in [-0.4, -0.2) is 25.5 Å². The van der Waals surface area contributed by atoms with Crippen molar-refractivity contribution in [1.29, 1.82) is 0 Å². The van der Waals surface area contributed by atoms with Gasteiger partial charge in [-0.3, -0.25) is 4.79 Å². The summed E-state index contributed by atoms with van der Waals surface area (Å²) in [4.78, 5) is 25.5. The summed E-state index contributed by atoms with van der Waals surface area (Å²) in [5, 5.41) is 0. The number of esters is 1. The molecule has 2 aromatic rings. The fraction of sp³-hybridized carbons (Fsp3) is 0.176. The van der Waals surface area contributed by atoms with Crippen molar-refractivity contribution in [2.75, 3.05) is 24.3 Å². The van der Waals surface area contributed by atoms with Crippen LogP contribution in [0.15, 0.2) is 48.5 Å². The summed E-state index contributed by atoms with van der Waals surface area (Å²) in [7, 11) is 1.63. The van der Waals surface area contributed by atoms with Crippen LogP contribution in [0.1, 0.15) is 15.9 Å². The summed E-state index contributed by atoms with van der Waals surface area (Å²) < 4.78 is 5.06. The molecule has 114 valence electrons. The highest BCUT2D eigenvalue weighted by molar-refractivity contribution is 5.99. The van der Waals surface area contributed by atoms with Crippen LogP contribution in [0.2, 0.25) is 0 Å². The number of ether oxygens (including phenoxy) is 1. The highest BCUT2D eigenvalue weighted by Gasteiger charge is 2.16. The Hall–Kier alpha value is -2.82. The van der Waals surface area contributed by atoms with Crippen molar-refractivity contribution in [3.8, 4) is 0 Å². The van der Waals surface area contributed by atoms with Crippen molar-refractivity contribution in [3.05, 3.63) is 59.7 Å². The first-order valence-electron chi connectivity index (χ1n) is 6.84. The zero-order chi connectivity index (χ0) is 16.1. The van der Waals surface area contributed by atoms with E-state index in [-0.39, 0.29) is 18.1 Å². The molecule has 0 saturated carbocycles. The van der Waals surface area contributed by atoms with E-state index in [1.54, 1.807) is 44.3 Å². The van der Waals surface area contributed by atoms with Crippen LogP contribution in [-0.2, 0) is 9.53 Å². The molecule has 0 aromatic heterocycles. The fourth-order valence-electron chi connectivity index (χ4n) is 1.96. The molecule has 0 fully saturated rings. The molecule has 2 N–H and O–H groups in total. The molecule has 0 aliphatic rings. The number of carbonyl (C=O) groups excluding carboxylic acids is 2. The topological polar surface area (TPSA) is 72.6 Å². The van der Waals surface area contributed by atoms with Gasteiger partial charge in [0.1, 0.15) is 0 Å². The van der Waals surface area contributed by atoms with Gasteiger partial charge in [-0.15, -0.1) is 0 Å². The van der Waals surface area contributed by atoms with Crippen molar-refractivity contribution in [3.63, 3.8) is 0 Å². The molecule has 0 aliphatic heterocycles. The lowest BCUT2D eigenvalue weighted by Gasteiger charge is -2.17. The van der Waals surface area contributed by atoms with Crippen LogP contribution >= 0.6 is 0 Å². The maximum Gasteiger partial charge on any atom is 0.340 e. The number of likely N-dealkylation sites (N-methyl/N-ethyl adjacent to an activating group) is 1. The molecule has 0 bridgehead atoms. The number of benzene rings is 2. The smallest absolute Gasteiger partial charge is 0.340 e. The van der Waals surface area contributed by atoms with Gasteiger partial charge in [0.05, 0.1) is 5.56 Å². The standard InChI is InChI=1S/C17H18N2O3/c1-12-7-6-10-14(16(12)18)17(21)22-11-15(20)19(2)13-8-4-3-5-9-13/h3-10H,11,18H2,1-2H3. The number of nitrogens with two attached hydrogens (primary N) is 1. The van der Waals surface area contributed by atoms with Crippen LogP contribution in [0.3, 0.4) is 0 Å². The van der Waals surface area contributed by atoms with E-state index in [4.69, 9.17) is 10.5 Å². The normalized spacial score (nSPS) is 10.1. The molecule has 0 aliphatic carbocycles. The Kier molecular flexibility index (Phi) is 4.78. The van der Waals surface area contributed by atoms with E-state index < -0.39 is 5.97 Å². The Morgan fingerprint density at radius 2 is 1.77 bits per heavy atom. The summed E-state index contributed by atoms with van der Waals surface area (Å²) in [5.41, 5.74) is 8.02. The van der Waals surface area contributed by atoms with E-state index in [0.29, 0.717) is 5.69 Å². The van der Waals surface area contributed by atoms with Crippen molar-refractivity contribution < 1.29 is 14.3 Å². The molecule has 1 amide bonds. The maximum absolute atomic E-state index is 12.0. The van der Waals surface area contributed by atoms with Gasteiger partial charge in [0.2, 0.25) is 0 Å². The van der Waals surface area contributed by atoms with E-state index in [1.165, 1.54) is 4.90 Å². The first kappa shape index (κ1) is 15.6. The molecular weight excluding hydrogens is 280 g/mol. The lowest BCUT2D eigenvalue weighted by atomic mass is 10.1. The molecule has 5 nitrogen and oxygen atoms in total. The van der Waals surface area contributed by atoms with E-state index in [9.17, 15) is 9.59 Å². The van der Waals surface area contributed by atoms with Crippen LogP contribution in [0.5, 0.6) is 0 Å². The number of rotatable bonds is 4. The number of hydrogen-bond acceptors (Lipinski definition) is 4. The van der Waals surface area contributed by atoms with Crippen molar-refractivity contribution in [2.45, 2.75) is 6.92 Å². The zero-order valence-electron chi connectivity index (χ0n) is 12.6. The third-order valence-corrected chi connectivity index (χ3v) is 3.39. The van der Waals surface area contributed by atoms with Crippen molar-refractivity contribution in [2.24, 2.45) is 0 Å². The third kappa shape index (κ3) is 3.44. The Balaban J connectivity index is 1.99. The summed E-state index contributed by atoms with van der Waals surface area (Å²) in [5.74, 6) is -0.915. The van der Waals surface area contributed by atoms with E-state index >= 15 is 0 Å². The minimum Gasteiger partial charge on any atom is -0.452 e. The molecule has 22 heavy (non-hydrogen) atoms. The predicted molar refractivity (Wildman–Crippen MR) is 85.7 cm³/mol. The van der Waals surface area contributed by atoms with Gasteiger partial charge in [0, 0.05) is 18.4 Å². The van der Waals surface area contributed by atoms with Gasteiger partial charge < -0.3 is 15.4 Å². The number of anilines is 2. The molecule has 5 heteroatoms. The maximum atomic E-state index is 12.0. The number of aryl methyl sites for hydroxylation is 1. The second kappa shape index (κ2) is 6.76. The van der Waals surface area contributed by atoms with Gasteiger partial charge in [0.15, 0.2) is 6.61 Å². The van der Waals surface area contributed by atoms with Gasteiger partial charge >= 0.3 is 5.97 Å². The van der Waals surface area contributed by atoms with Crippen molar-refractivity contribution in [1.82, 2.24) is 0 Å². The molecule has 0 unspecified atom stereocenters. The highest BCUT2D eigenvalue weighted by atomic mass is 16.5. The minimum atomic E-state index is -0.601. The Labute approximate surface area is 129 Å². The minimum absolute atomic E-state index is 0.273. The quantitative estimate of drug-likeness (QED) is 0.695. The van der Waals surface area contributed by atoms with Crippen LogP contribution in [0.4, 0.5) is 11.4 Å². The lowest BCUT2D eigenvalue weighted by Crippen LogP contribution is -2.31. The SMILES string of the molecule is Cc1cccc(C(=O)OCC(=O)N(C)c2ccccc2)c1N. The van der Waals surface area contributed by atoms with E-state index in [0.717, 1.165) is 11.3 Å². The molecule has 0 saturated heterocycles. The lowest BCUT2D eigenvalue weighted by molar-refractivity contribution is -0.121. The molecule has 0 spiro atoms. The second-order valence-electron chi connectivity index (χ2n) is 4.90. The molecule has 2 aromatic carbocycles. The Morgan fingerprint density at radius 3 is 2.45 bits per heavy atom. The molecule has 0 heterocycles. The first-order valence-corrected chi connectivity index (χ1v) is 6.84. The summed E-state index contributed by atoms with van der Waals surface area (Å²) >= 11 is 0. The summed E-state index contributed by atoms with van der Waals surface area (Å²) in [6.45, 7) is 1.47. The van der Waals surface area contributed by atoms with Gasteiger partial charge in [-0.05, 0) is 30.7 Å². The summed E-state index contributed by atoms with van der Waals surface area (Å²) in [6, 6.07) is 14.2. The molecular formula is C17H18N2O3. The first-order chi connectivity index (χ1) is 10.5. The highest BCUT2D eigenvalue weighted by Crippen LogP contribution is 2.17. The fourth-order valence-corrected chi connectivity index (χ4v) is 1.96. The number of amides is 1. The molecule has 0 atom stereocenters. The van der Waals surface area contributed by atoms with Crippen LogP contribution in [0.25, 0.3) is 0 Å². The van der Waals surface area contributed by atoms with E-state index in [2.05, 4.69) is 0 Å². The van der Waals surface area contributed by atoms with E-state index in [1.807, 2.05) is 18.2 Å². The number of carbonyl (C=O) groups is 2. The Bertz CT molecular complexity index is 684. The van der Waals surface area contributed by atoms with Gasteiger partial charge in [-0.25, -0.2) is 4.79 Å². The van der Waals surface area contributed by atoms with Gasteiger partial charge in [-0.2, -0.15) is 0 Å². The predicted octanol–water partition coefficient (Wildman–Crippen LogP) is 2.40. The van der Waals surface area contributed by atoms with Gasteiger partial charge in [-0.1, -0.05) is 30.3 Å². The van der Waals surface area contributed by atoms with Crippen molar-refractivity contribution >= 4 is 23.3 Å². The second-order valence-corrected chi connectivity index (χ2v) is 4.90. The number of nitrogen functional groups attached to an aromatic ring is 1. The average Bonchev–Trinajstić information content (AvgIpc) is 2.55. The monoisotopic (exact) mass is 298 g/mol. The third-order valence-electron chi connectivity index (χ3n) is 3.39. The number of nitrogens with zero attached hydrogens (tertiary/aromatic N) is 1. The molecule has 2 rings (SSSR count). The molecule has 0 radical (unpaired) electrons. The average molecular weight is 298 g/mol. The number of hydrogen-bond donors (Lipinski definition) is 1. The largest absolute Gasteiger partial charge is 0.452 e. The Morgan fingerprint density at radius 1 is 1.09 bits per heavy atom. The van der Waals surface area contributed by atoms with Crippen LogP contribution < -0.4 is 10.6 Å². The van der Waals surface area contributed by atoms with Gasteiger partial charge in [0.25, 0.3) is 5.91 Å². The zero-order valence-corrected chi connectivity index (χ0v) is 12.6. The summed E-state index contributed by atoms with van der Waals surface area (Å²) in [6.07, 6.45) is 0. The van der Waals surface area contributed by atoms with Crippen LogP contribution in [0, 0.1) is 6.92 Å².